The van der Waals surface area contributed by atoms with Gasteiger partial charge in [-0.25, -0.2) is 13.2 Å². The lowest BCUT2D eigenvalue weighted by Gasteiger charge is -2.29. The molecule has 0 unspecified atom stereocenters. The lowest BCUT2D eigenvalue weighted by Crippen LogP contribution is -2.45. The third-order valence-electron chi connectivity index (χ3n) is 4.65. The maximum absolute atomic E-state index is 12.9. The van der Waals surface area contributed by atoms with Gasteiger partial charge in [-0.3, -0.25) is 19.2 Å². The van der Waals surface area contributed by atoms with Crippen molar-refractivity contribution in [1.82, 2.24) is 0 Å². The maximum Gasteiger partial charge on any atom is 0.337 e. The summed E-state index contributed by atoms with van der Waals surface area (Å²) in [5.41, 5.74) is 1.34. The summed E-state index contributed by atoms with van der Waals surface area (Å²) in [4.78, 5) is 35.2. The number of esters is 1. The number of rotatable bonds is 7. The fourth-order valence-electron chi connectivity index (χ4n) is 2.97. The molecule has 0 aliphatic carbocycles. The Morgan fingerprint density at radius 1 is 1.13 bits per heavy atom. The number of carbonyl (C=O) groups excluding carboxylic acids is 2. The molecule has 1 N–H and O–H groups in total. The second-order valence-electron chi connectivity index (χ2n) is 6.97. The lowest BCUT2D eigenvalue weighted by atomic mass is 10.1. The highest BCUT2D eigenvalue weighted by atomic mass is 32.2. The molecule has 10 nitrogen and oxygen atoms in total. The first kappa shape index (κ1) is 23.8. The Labute approximate surface area is 180 Å². The minimum Gasteiger partial charge on any atom is -0.465 e. The first-order valence-electron chi connectivity index (χ1n) is 9.11. The lowest BCUT2D eigenvalue weighted by molar-refractivity contribution is -0.384. The molecular formula is C20H23N3O7S. The van der Waals surface area contributed by atoms with Gasteiger partial charge in [0.2, 0.25) is 15.9 Å². The van der Waals surface area contributed by atoms with E-state index in [1.54, 1.807) is 19.9 Å². The fourth-order valence-corrected chi connectivity index (χ4v) is 4.19. The number of hydrogen-bond donors (Lipinski definition) is 1. The Morgan fingerprint density at radius 2 is 1.74 bits per heavy atom. The van der Waals surface area contributed by atoms with Crippen LogP contribution < -0.4 is 9.62 Å². The SMILES string of the molecule is COC(=O)c1ccc(C)c(NC(=O)[C@@H](C)N(c2cc([N+](=O)[O-])ccc2C)S(C)(=O)=O)c1. The Morgan fingerprint density at radius 3 is 2.29 bits per heavy atom. The van der Waals surface area contributed by atoms with E-state index in [1.807, 2.05) is 0 Å². The van der Waals surface area contributed by atoms with E-state index in [9.17, 15) is 28.1 Å². The second kappa shape index (κ2) is 9.13. The molecule has 0 radical (unpaired) electrons. The van der Waals surface area contributed by atoms with E-state index < -0.39 is 32.9 Å². The van der Waals surface area contributed by atoms with E-state index in [4.69, 9.17) is 0 Å². The number of aryl methyl sites for hydroxylation is 2. The first-order valence-corrected chi connectivity index (χ1v) is 11.0. The summed E-state index contributed by atoms with van der Waals surface area (Å²) < 4.78 is 30.6. The van der Waals surface area contributed by atoms with Crippen LogP contribution in [0.4, 0.5) is 17.1 Å². The number of benzene rings is 2. The van der Waals surface area contributed by atoms with Crippen molar-refractivity contribution < 1.29 is 27.7 Å². The molecule has 0 heterocycles. The van der Waals surface area contributed by atoms with Gasteiger partial charge in [0, 0.05) is 17.8 Å². The maximum atomic E-state index is 12.9. The highest BCUT2D eigenvalue weighted by Gasteiger charge is 2.31. The molecule has 0 bridgehead atoms. The zero-order valence-electron chi connectivity index (χ0n) is 17.7. The quantitative estimate of drug-likeness (QED) is 0.390. The van der Waals surface area contributed by atoms with Crippen molar-refractivity contribution in [3.63, 3.8) is 0 Å². The van der Waals surface area contributed by atoms with Crippen LogP contribution in [-0.4, -0.2) is 44.6 Å². The largest absolute Gasteiger partial charge is 0.465 e. The monoisotopic (exact) mass is 449 g/mol. The second-order valence-corrected chi connectivity index (χ2v) is 8.83. The molecule has 11 heteroatoms. The number of non-ortho nitro benzene ring substituents is 1. The Balaban J connectivity index is 2.45. The summed E-state index contributed by atoms with van der Waals surface area (Å²) in [6, 6.07) is 7.13. The Kier molecular flexibility index (Phi) is 7.01. The first-order chi connectivity index (χ1) is 14.4. The minimum absolute atomic E-state index is 0.0272. The summed E-state index contributed by atoms with van der Waals surface area (Å²) in [7, 11) is -2.75. The van der Waals surface area contributed by atoms with Crippen LogP contribution in [-0.2, 0) is 19.6 Å². The molecule has 2 rings (SSSR count). The third kappa shape index (κ3) is 5.37. The van der Waals surface area contributed by atoms with Crippen molar-refractivity contribution in [2.45, 2.75) is 26.8 Å². The molecule has 2 aromatic rings. The van der Waals surface area contributed by atoms with Gasteiger partial charge in [-0.2, -0.15) is 0 Å². The highest BCUT2D eigenvalue weighted by Crippen LogP contribution is 2.30. The normalized spacial score (nSPS) is 12.0. The van der Waals surface area contributed by atoms with Gasteiger partial charge >= 0.3 is 5.97 Å². The standard InChI is InChI=1S/C20H23N3O7S/c1-12-6-8-15(20(25)30-4)10-17(12)21-19(24)14(3)22(31(5,28)29)18-11-16(23(26)27)9-7-13(18)2/h6-11,14H,1-5H3,(H,21,24)/t14-/m1/s1. The van der Waals surface area contributed by atoms with Crippen molar-refractivity contribution in [2.24, 2.45) is 0 Å². The van der Waals surface area contributed by atoms with Gasteiger partial charge in [0.15, 0.2) is 0 Å². The molecule has 2 aromatic carbocycles. The third-order valence-corrected chi connectivity index (χ3v) is 5.87. The van der Waals surface area contributed by atoms with Crippen LogP contribution in [0.1, 0.15) is 28.4 Å². The number of hydrogen-bond acceptors (Lipinski definition) is 7. The van der Waals surface area contributed by atoms with Gasteiger partial charge in [0.25, 0.3) is 5.69 Å². The molecule has 166 valence electrons. The fraction of sp³-hybridized carbons (Fsp3) is 0.300. The molecule has 0 aromatic heterocycles. The van der Waals surface area contributed by atoms with Crippen LogP contribution in [0.2, 0.25) is 0 Å². The Hall–Kier alpha value is -3.47. The summed E-state index contributed by atoms with van der Waals surface area (Å²) in [5.74, 6) is -1.27. The van der Waals surface area contributed by atoms with E-state index in [0.29, 0.717) is 16.8 Å². The van der Waals surface area contributed by atoms with Crippen molar-refractivity contribution in [2.75, 3.05) is 23.0 Å². The van der Waals surface area contributed by atoms with Gasteiger partial charge in [0.1, 0.15) is 6.04 Å². The van der Waals surface area contributed by atoms with Crippen LogP contribution in [0.5, 0.6) is 0 Å². The predicted octanol–water partition coefficient (Wildman–Crippen LogP) is 2.79. The highest BCUT2D eigenvalue weighted by molar-refractivity contribution is 7.92. The summed E-state index contributed by atoms with van der Waals surface area (Å²) in [6.07, 6.45) is 0.915. The van der Waals surface area contributed by atoms with Gasteiger partial charge in [-0.05, 0) is 44.0 Å². The molecule has 0 spiro atoms. The number of ether oxygens (including phenoxy) is 1. The number of carbonyl (C=O) groups is 2. The van der Waals surface area contributed by atoms with E-state index >= 15 is 0 Å². The van der Waals surface area contributed by atoms with Crippen LogP contribution in [0.25, 0.3) is 0 Å². The molecule has 0 saturated heterocycles. The number of nitrogens with zero attached hydrogens (tertiary/aromatic N) is 2. The van der Waals surface area contributed by atoms with E-state index in [2.05, 4.69) is 10.1 Å². The van der Waals surface area contributed by atoms with Crippen molar-refractivity contribution in [3.8, 4) is 0 Å². The Bertz CT molecular complexity index is 1150. The van der Waals surface area contributed by atoms with Gasteiger partial charge in [-0.1, -0.05) is 12.1 Å². The average Bonchev–Trinajstić information content (AvgIpc) is 2.69. The number of sulfonamides is 1. The molecule has 0 saturated carbocycles. The zero-order valence-corrected chi connectivity index (χ0v) is 18.5. The minimum atomic E-state index is -3.98. The van der Waals surface area contributed by atoms with E-state index in [1.165, 1.54) is 38.3 Å². The van der Waals surface area contributed by atoms with Gasteiger partial charge in [-0.15, -0.1) is 0 Å². The van der Waals surface area contributed by atoms with E-state index in [-0.39, 0.29) is 16.9 Å². The number of methoxy groups -OCH3 is 1. The molecular weight excluding hydrogens is 426 g/mol. The van der Waals surface area contributed by atoms with E-state index in [0.717, 1.165) is 16.6 Å². The molecule has 1 atom stereocenters. The van der Waals surface area contributed by atoms with Crippen LogP contribution in [0.3, 0.4) is 0 Å². The van der Waals surface area contributed by atoms with Crippen molar-refractivity contribution in [3.05, 3.63) is 63.2 Å². The van der Waals surface area contributed by atoms with Crippen LogP contribution in [0, 0.1) is 24.0 Å². The molecule has 0 aliphatic heterocycles. The van der Waals surface area contributed by atoms with Crippen LogP contribution >= 0.6 is 0 Å². The van der Waals surface area contributed by atoms with Gasteiger partial charge < -0.3 is 10.1 Å². The topological polar surface area (TPSA) is 136 Å². The number of nitro groups is 1. The molecule has 31 heavy (non-hydrogen) atoms. The number of anilines is 2. The van der Waals surface area contributed by atoms with Gasteiger partial charge in [0.05, 0.1) is 29.5 Å². The van der Waals surface area contributed by atoms with Crippen LogP contribution in [0.15, 0.2) is 36.4 Å². The smallest absolute Gasteiger partial charge is 0.337 e. The van der Waals surface area contributed by atoms with Crippen molar-refractivity contribution >= 4 is 39.0 Å². The number of nitrogens with one attached hydrogen (secondary N) is 1. The summed E-state index contributed by atoms with van der Waals surface area (Å²) in [5, 5.41) is 13.8. The predicted molar refractivity (Wildman–Crippen MR) is 116 cm³/mol. The number of amides is 1. The zero-order chi connectivity index (χ0) is 23.5. The van der Waals surface area contributed by atoms with Crippen molar-refractivity contribution in [1.29, 1.82) is 0 Å². The molecule has 1 amide bonds. The summed E-state index contributed by atoms with van der Waals surface area (Å²) >= 11 is 0. The number of nitro benzene ring substituents is 1. The molecule has 0 aliphatic rings. The molecule has 0 fully saturated rings. The summed E-state index contributed by atoms with van der Waals surface area (Å²) in [6.45, 7) is 4.67. The average molecular weight is 449 g/mol.